The van der Waals surface area contributed by atoms with Crippen molar-refractivity contribution in [3.8, 4) is 11.3 Å². The van der Waals surface area contributed by atoms with E-state index in [0.29, 0.717) is 43.6 Å². The molecular weight excluding hydrogens is 416 g/mol. The first kappa shape index (κ1) is 19.7. The molecule has 1 saturated heterocycles. The van der Waals surface area contributed by atoms with Crippen LogP contribution in [0.5, 0.6) is 0 Å². The lowest BCUT2D eigenvalue weighted by Gasteiger charge is -2.31. The predicted molar refractivity (Wildman–Crippen MR) is 119 cm³/mol. The fourth-order valence-electron chi connectivity index (χ4n) is 3.79. The van der Waals surface area contributed by atoms with E-state index in [2.05, 4.69) is 0 Å². The van der Waals surface area contributed by atoms with Gasteiger partial charge >= 0.3 is 6.09 Å². The number of hydrogen-bond donors (Lipinski definition) is 0. The van der Waals surface area contributed by atoms with E-state index in [9.17, 15) is 9.59 Å². The lowest BCUT2D eigenvalue weighted by Crippen LogP contribution is -2.36. The molecule has 0 unspecified atom stereocenters. The average molecular weight is 436 g/mol. The van der Waals surface area contributed by atoms with E-state index in [1.165, 1.54) is 31.0 Å². The van der Waals surface area contributed by atoms with Crippen LogP contribution in [0, 0.1) is 0 Å². The van der Waals surface area contributed by atoms with Crippen LogP contribution in [0.15, 0.2) is 73.6 Å². The van der Waals surface area contributed by atoms with E-state index < -0.39 is 6.09 Å². The summed E-state index contributed by atoms with van der Waals surface area (Å²) in [7, 11) is 1.36. The van der Waals surface area contributed by atoms with E-state index in [1.807, 2.05) is 47.4 Å². The predicted octanol–water partition coefficient (Wildman–Crippen LogP) is 4.51. The van der Waals surface area contributed by atoms with Crippen LogP contribution in [0.4, 0.5) is 22.1 Å². The summed E-state index contributed by atoms with van der Waals surface area (Å²) in [5, 5.41) is 0. The minimum Gasteiger partial charge on any atom is -0.452 e. The van der Waals surface area contributed by atoms with Gasteiger partial charge in [-0.05, 0) is 24.3 Å². The van der Waals surface area contributed by atoms with Gasteiger partial charge in [-0.3, -0.25) is 4.79 Å². The van der Waals surface area contributed by atoms with E-state index in [4.69, 9.17) is 13.9 Å². The summed E-state index contributed by atoms with van der Waals surface area (Å²) in [4.78, 5) is 30.5. The number of rotatable bonds is 2. The zero-order valence-electron chi connectivity index (χ0n) is 16.9. The molecule has 158 valence electrons. The van der Waals surface area contributed by atoms with Crippen LogP contribution in [0.25, 0.3) is 11.3 Å². The fraction of sp³-hybridized carbons (Fsp3) is 0.217. The lowest BCUT2D eigenvalue weighted by molar-refractivity contribution is 0.120. The number of carbonyl (C=O) groups is 1. The van der Waals surface area contributed by atoms with Gasteiger partial charge in [0.05, 0.1) is 31.7 Å². The van der Waals surface area contributed by atoms with Crippen LogP contribution in [-0.4, -0.2) is 39.5 Å². The number of amides is 1. The minimum absolute atomic E-state index is 0.133. The molecule has 0 aliphatic carbocycles. The van der Waals surface area contributed by atoms with Gasteiger partial charge in [0.25, 0.3) is 0 Å². The maximum absolute atomic E-state index is 12.7. The molecule has 7 nitrogen and oxygen atoms in total. The average Bonchev–Trinajstić information content (AvgIpc) is 2.82. The smallest absolute Gasteiger partial charge is 0.418 e. The molecule has 0 N–H and O–H groups in total. The molecule has 1 fully saturated rings. The van der Waals surface area contributed by atoms with Gasteiger partial charge in [0.1, 0.15) is 5.76 Å². The number of methoxy groups -OCH3 is 1. The number of nitrogens with zero attached hydrogens (tertiary/aromatic N) is 2. The van der Waals surface area contributed by atoms with E-state index in [-0.39, 0.29) is 5.43 Å². The summed E-state index contributed by atoms with van der Waals surface area (Å²) < 4.78 is 16.6. The Morgan fingerprint density at radius 1 is 1.03 bits per heavy atom. The van der Waals surface area contributed by atoms with Crippen molar-refractivity contribution in [2.75, 3.05) is 43.2 Å². The second-order valence-electron chi connectivity index (χ2n) is 7.12. The quantitative estimate of drug-likeness (QED) is 0.585. The van der Waals surface area contributed by atoms with Gasteiger partial charge in [0, 0.05) is 40.6 Å². The first-order valence-corrected chi connectivity index (χ1v) is 10.7. The maximum Gasteiger partial charge on any atom is 0.418 e. The lowest BCUT2D eigenvalue weighted by atomic mass is 10.1. The number of morpholine rings is 1. The van der Waals surface area contributed by atoms with E-state index in [1.54, 1.807) is 4.90 Å². The summed E-state index contributed by atoms with van der Waals surface area (Å²) >= 11 is 1.54. The molecule has 0 saturated carbocycles. The van der Waals surface area contributed by atoms with Crippen LogP contribution in [-0.2, 0) is 9.47 Å². The van der Waals surface area contributed by atoms with Crippen LogP contribution in [0.1, 0.15) is 0 Å². The molecular formula is C23H20N2O5S. The van der Waals surface area contributed by atoms with Gasteiger partial charge in [0.2, 0.25) is 0 Å². The van der Waals surface area contributed by atoms with Crippen molar-refractivity contribution in [3.05, 3.63) is 64.8 Å². The Kier molecular flexibility index (Phi) is 5.17. The largest absolute Gasteiger partial charge is 0.452 e. The highest BCUT2D eigenvalue weighted by Gasteiger charge is 2.31. The Morgan fingerprint density at radius 2 is 1.81 bits per heavy atom. The molecule has 2 aliphatic rings. The number of hydrogen-bond acceptors (Lipinski definition) is 7. The van der Waals surface area contributed by atoms with Crippen molar-refractivity contribution in [3.63, 3.8) is 0 Å². The molecule has 0 spiro atoms. The number of para-hydroxylation sites is 1. The third kappa shape index (κ3) is 3.58. The molecule has 3 heterocycles. The SMILES string of the molecule is COC(=O)N1c2ccccc2Sc2c(-c3cc(=O)cc(N4CCOCC4)o3)cccc21. The van der Waals surface area contributed by atoms with E-state index in [0.717, 1.165) is 21.0 Å². The highest BCUT2D eigenvalue weighted by atomic mass is 32.2. The van der Waals surface area contributed by atoms with E-state index >= 15 is 0 Å². The van der Waals surface area contributed by atoms with Gasteiger partial charge < -0.3 is 18.8 Å². The zero-order chi connectivity index (χ0) is 21.4. The zero-order valence-corrected chi connectivity index (χ0v) is 17.7. The first-order chi connectivity index (χ1) is 15.2. The summed E-state index contributed by atoms with van der Waals surface area (Å²) in [6, 6.07) is 16.3. The standard InChI is InChI=1S/C23H20N2O5S/c1-28-23(27)25-17-6-2-3-8-20(17)31-22-16(5-4-7-18(22)25)19-13-15(26)14-21(30-19)24-9-11-29-12-10-24/h2-8,13-14H,9-12H2,1H3. The van der Waals surface area contributed by atoms with Crippen molar-refractivity contribution >= 4 is 35.1 Å². The van der Waals surface area contributed by atoms with Crippen molar-refractivity contribution in [2.45, 2.75) is 9.79 Å². The van der Waals surface area contributed by atoms with Crippen molar-refractivity contribution in [1.29, 1.82) is 0 Å². The number of fused-ring (bicyclic) bond motifs is 2. The first-order valence-electron chi connectivity index (χ1n) is 9.92. The van der Waals surface area contributed by atoms with Crippen molar-refractivity contribution < 1.29 is 18.7 Å². The summed E-state index contributed by atoms with van der Waals surface area (Å²) in [6.07, 6.45) is -0.477. The van der Waals surface area contributed by atoms with Gasteiger partial charge in [-0.25, -0.2) is 9.69 Å². The molecule has 2 aromatic carbocycles. The van der Waals surface area contributed by atoms with Gasteiger partial charge in [0.15, 0.2) is 11.3 Å². The molecule has 1 amide bonds. The summed E-state index contributed by atoms with van der Waals surface area (Å²) in [6.45, 7) is 2.51. The van der Waals surface area contributed by atoms with Crippen LogP contribution in [0.2, 0.25) is 0 Å². The topological polar surface area (TPSA) is 72.2 Å². The maximum atomic E-state index is 12.7. The molecule has 0 atom stereocenters. The van der Waals surface area contributed by atoms with Crippen LogP contribution < -0.4 is 15.2 Å². The molecule has 0 bridgehead atoms. The Bertz CT molecular complexity index is 1200. The monoisotopic (exact) mass is 436 g/mol. The number of anilines is 3. The fourth-order valence-corrected chi connectivity index (χ4v) is 4.97. The summed E-state index contributed by atoms with van der Waals surface area (Å²) in [5.74, 6) is 0.983. The van der Waals surface area contributed by atoms with Crippen molar-refractivity contribution in [1.82, 2.24) is 0 Å². The number of benzene rings is 2. The Morgan fingerprint density at radius 3 is 2.61 bits per heavy atom. The molecule has 5 rings (SSSR count). The Balaban J connectivity index is 1.65. The van der Waals surface area contributed by atoms with Crippen LogP contribution >= 0.6 is 11.8 Å². The number of carbonyl (C=O) groups excluding carboxylic acids is 1. The second kappa shape index (κ2) is 8.13. The van der Waals surface area contributed by atoms with Gasteiger partial charge in [-0.2, -0.15) is 0 Å². The molecule has 8 heteroatoms. The Hall–Kier alpha value is -3.23. The van der Waals surface area contributed by atoms with Gasteiger partial charge in [-0.15, -0.1) is 0 Å². The third-order valence-corrected chi connectivity index (χ3v) is 6.45. The molecule has 0 radical (unpaired) electrons. The molecule has 31 heavy (non-hydrogen) atoms. The molecule has 1 aromatic heterocycles. The third-order valence-electron chi connectivity index (χ3n) is 5.25. The molecule has 3 aromatic rings. The highest BCUT2D eigenvalue weighted by molar-refractivity contribution is 8.00. The minimum atomic E-state index is -0.477. The second-order valence-corrected chi connectivity index (χ2v) is 8.18. The number of ether oxygens (including phenoxy) is 2. The van der Waals surface area contributed by atoms with Crippen molar-refractivity contribution in [2.24, 2.45) is 0 Å². The Labute approximate surface area is 183 Å². The summed E-state index contributed by atoms with van der Waals surface area (Å²) in [5.41, 5.74) is 2.06. The van der Waals surface area contributed by atoms with Crippen LogP contribution in [0.3, 0.4) is 0 Å². The highest BCUT2D eigenvalue weighted by Crippen LogP contribution is 2.51. The molecule has 2 aliphatic heterocycles. The normalized spacial score (nSPS) is 15.3. The van der Waals surface area contributed by atoms with Gasteiger partial charge in [-0.1, -0.05) is 30.0 Å².